The zero-order valence-corrected chi connectivity index (χ0v) is 16.2. The number of rotatable bonds is 5. The number of nitrogens with zero attached hydrogens (tertiary/aromatic N) is 2. The maximum atomic E-state index is 12.7. The van der Waals surface area contributed by atoms with Crippen LogP contribution < -0.4 is 15.4 Å². The van der Waals surface area contributed by atoms with E-state index < -0.39 is 15.6 Å². The largest absolute Gasteiger partial charge is 0.357 e. The van der Waals surface area contributed by atoms with Crippen LogP contribution in [0.25, 0.3) is 0 Å². The topological polar surface area (TPSA) is 96.0 Å². The van der Waals surface area contributed by atoms with Gasteiger partial charge in [-0.3, -0.25) is 0 Å². The van der Waals surface area contributed by atoms with Crippen molar-refractivity contribution in [2.24, 2.45) is 0 Å². The van der Waals surface area contributed by atoms with Gasteiger partial charge in [-0.05, 0) is 52.3 Å². The number of sulfonamides is 1. The molecular weight excluding hydrogens is 338 g/mol. The molecule has 8 heteroatoms. The zero-order chi connectivity index (χ0) is 18.8. The van der Waals surface area contributed by atoms with Crippen molar-refractivity contribution in [2.75, 3.05) is 17.7 Å². The Morgan fingerprint density at radius 1 is 1.08 bits per heavy atom. The van der Waals surface area contributed by atoms with Gasteiger partial charge in [0, 0.05) is 30.0 Å². The van der Waals surface area contributed by atoms with Gasteiger partial charge in [0.15, 0.2) is 0 Å². The van der Waals surface area contributed by atoms with Crippen molar-refractivity contribution in [1.29, 1.82) is 0 Å². The summed E-state index contributed by atoms with van der Waals surface area (Å²) in [7, 11) is -1.88. The van der Waals surface area contributed by atoms with E-state index in [0.29, 0.717) is 23.0 Å². The summed E-state index contributed by atoms with van der Waals surface area (Å²) in [5.41, 5.74) is 1.62. The first-order chi connectivity index (χ1) is 11.5. The fourth-order valence-corrected chi connectivity index (χ4v) is 3.94. The van der Waals surface area contributed by atoms with Gasteiger partial charge < -0.3 is 10.6 Å². The summed E-state index contributed by atoms with van der Waals surface area (Å²) in [6.07, 6.45) is 1.70. The average Bonchev–Trinajstić information content (AvgIpc) is 2.48. The van der Waals surface area contributed by atoms with Crippen LogP contribution in [-0.2, 0) is 10.0 Å². The Morgan fingerprint density at radius 3 is 2.36 bits per heavy atom. The van der Waals surface area contributed by atoms with E-state index in [2.05, 4.69) is 25.3 Å². The number of aromatic nitrogens is 2. The second kappa shape index (κ2) is 6.97. The van der Waals surface area contributed by atoms with E-state index in [1.165, 1.54) is 0 Å². The molecule has 136 valence electrons. The molecule has 0 unspecified atom stereocenters. The molecule has 0 saturated heterocycles. The van der Waals surface area contributed by atoms with Crippen molar-refractivity contribution in [1.82, 2.24) is 14.7 Å². The lowest BCUT2D eigenvalue weighted by molar-refractivity contribution is 0.491. The molecule has 0 aliphatic heterocycles. The molecule has 25 heavy (non-hydrogen) atoms. The van der Waals surface area contributed by atoms with Gasteiger partial charge in [-0.25, -0.2) is 18.1 Å². The zero-order valence-electron chi connectivity index (χ0n) is 15.4. The van der Waals surface area contributed by atoms with Gasteiger partial charge in [-0.15, -0.1) is 0 Å². The number of aryl methyl sites for hydroxylation is 2. The van der Waals surface area contributed by atoms with Crippen molar-refractivity contribution in [3.63, 3.8) is 0 Å². The Morgan fingerprint density at radius 2 is 1.76 bits per heavy atom. The van der Waals surface area contributed by atoms with E-state index >= 15 is 0 Å². The van der Waals surface area contributed by atoms with Crippen LogP contribution in [0.5, 0.6) is 0 Å². The molecule has 1 aromatic heterocycles. The Hall–Kier alpha value is -2.19. The van der Waals surface area contributed by atoms with Crippen LogP contribution in [0.2, 0.25) is 0 Å². The van der Waals surface area contributed by atoms with E-state index in [1.54, 1.807) is 32.3 Å². The van der Waals surface area contributed by atoms with Gasteiger partial charge in [0.25, 0.3) is 0 Å². The molecule has 0 aliphatic carbocycles. The van der Waals surface area contributed by atoms with Crippen molar-refractivity contribution in [2.45, 2.75) is 45.1 Å². The number of hydrogen-bond acceptors (Lipinski definition) is 6. The Kier molecular flexibility index (Phi) is 5.34. The molecule has 0 bridgehead atoms. The molecule has 0 aliphatic rings. The van der Waals surface area contributed by atoms with Crippen LogP contribution in [0, 0.1) is 13.8 Å². The van der Waals surface area contributed by atoms with Gasteiger partial charge >= 0.3 is 0 Å². The monoisotopic (exact) mass is 363 g/mol. The molecular formula is C17H25N5O2S. The fourth-order valence-electron chi connectivity index (χ4n) is 2.25. The first-order valence-corrected chi connectivity index (χ1v) is 9.43. The van der Waals surface area contributed by atoms with Crippen molar-refractivity contribution in [3.05, 3.63) is 35.5 Å². The molecule has 0 fully saturated rings. The van der Waals surface area contributed by atoms with E-state index in [-0.39, 0.29) is 4.90 Å². The number of nitrogens with one attached hydrogen (secondary N) is 3. The maximum Gasteiger partial charge on any atom is 0.241 e. The van der Waals surface area contributed by atoms with Crippen molar-refractivity contribution < 1.29 is 8.42 Å². The van der Waals surface area contributed by atoms with E-state index in [1.807, 2.05) is 33.8 Å². The van der Waals surface area contributed by atoms with Gasteiger partial charge in [0.1, 0.15) is 5.82 Å². The van der Waals surface area contributed by atoms with E-state index in [9.17, 15) is 8.42 Å². The summed E-state index contributed by atoms with van der Waals surface area (Å²) in [5, 5.41) is 6.05. The summed E-state index contributed by atoms with van der Waals surface area (Å²) in [4.78, 5) is 8.75. The predicted molar refractivity (Wildman–Crippen MR) is 101 cm³/mol. The highest BCUT2D eigenvalue weighted by Gasteiger charge is 2.24. The summed E-state index contributed by atoms with van der Waals surface area (Å²) < 4.78 is 28.0. The Bertz CT molecular complexity index is 873. The van der Waals surface area contributed by atoms with Gasteiger partial charge in [0.05, 0.1) is 4.90 Å². The first-order valence-electron chi connectivity index (χ1n) is 7.95. The van der Waals surface area contributed by atoms with Crippen LogP contribution in [0.4, 0.5) is 17.5 Å². The van der Waals surface area contributed by atoms with Gasteiger partial charge in [0.2, 0.25) is 16.0 Å². The SMILES string of the molecule is CNc1ncc(C)c(Nc2ccc(C)c(S(=O)(=O)NC(C)(C)C)c2)n1. The molecule has 1 heterocycles. The lowest BCUT2D eigenvalue weighted by atomic mass is 10.1. The third-order valence-corrected chi connectivity index (χ3v) is 5.28. The third-order valence-electron chi connectivity index (χ3n) is 3.38. The lowest BCUT2D eigenvalue weighted by Gasteiger charge is -2.21. The lowest BCUT2D eigenvalue weighted by Crippen LogP contribution is -2.40. The molecule has 0 atom stereocenters. The highest BCUT2D eigenvalue weighted by molar-refractivity contribution is 7.89. The van der Waals surface area contributed by atoms with Crippen LogP contribution >= 0.6 is 0 Å². The van der Waals surface area contributed by atoms with E-state index in [0.717, 1.165) is 5.56 Å². The molecule has 0 radical (unpaired) electrons. The highest BCUT2D eigenvalue weighted by atomic mass is 32.2. The molecule has 2 aromatic rings. The van der Waals surface area contributed by atoms with Crippen molar-refractivity contribution >= 4 is 27.5 Å². The molecule has 3 N–H and O–H groups in total. The highest BCUT2D eigenvalue weighted by Crippen LogP contribution is 2.25. The molecule has 1 aromatic carbocycles. The Balaban J connectivity index is 2.40. The first kappa shape index (κ1) is 19.1. The molecule has 0 spiro atoms. The second-order valence-electron chi connectivity index (χ2n) is 6.94. The third kappa shape index (κ3) is 4.90. The number of benzene rings is 1. The van der Waals surface area contributed by atoms with Gasteiger partial charge in [-0.1, -0.05) is 6.07 Å². The summed E-state index contributed by atoms with van der Waals surface area (Å²) >= 11 is 0. The number of anilines is 3. The molecule has 0 saturated carbocycles. The molecule has 7 nitrogen and oxygen atoms in total. The fraction of sp³-hybridized carbons (Fsp3) is 0.412. The summed E-state index contributed by atoms with van der Waals surface area (Å²) in [6.45, 7) is 9.09. The van der Waals surface area contributed by atoms with Gasteiger partial charge in [-0.2, -0.15) is 4.98 Å². The number of hydrogen-bond donors (Lipinski definition) is 3. The van der Waals surface area contributed by atoms with Crippen LogP contribution in [0.1, 0.15) is 31.9 Å². The van der Waals surface area contributed by atoms with Crippen LogP contribution in [0.15, 0.2) is 29.3 Å². The minimum absolute atomic E-state index is 0.243. The minimum atomic E-state index is -3.62. The normalized spacial score (nSPS) is 12.1. The quantitative estimate of drug-likeness (QED) is 0.756. The smallest absolute Gasteiger partial charge is 0.241 e. The van der Waals surface area contributed by atoms with Crippen molar-refractivity contribution in [3.8, 4) is 0 Å². The summed E-state index contributed by atoms with van der Waals surface area (Å²) in [6, 6.07) is 5.21. The summed E-state index contributed by atoms with van der Waals surface area (Å²) in [5.74, 6) is 1.11. The molecule has 0 amide bonds. The standard InChI is InChI=1S/C17H25N5O2S/c1-11-7-8-13(9-14(11)25(23,24)22-17(3,4)5)20-15-12(2)10-19-16(18-6)21-15/h7-10,22H,1-6H3,(H2,18,19,20,21). The maximum absolute atomic E-state index is 12.7. The van der Waals surface area contributed by atoms with Crippen LogP contribution in [-0.4, -0.2) is 31.0 Å². The molecule has 2 rings (SSSR count). The minimum Gasteiger partial charge on any atom is -0.357 e. The average molecular weight is 363 g/mol. The Labute approximate surface area is 149 Å². The van der Waals surface area contributed by atoms with Crippen LogP contribution in [0.3, 0.4) is 0 Å². The predicted octanol–water partition coefficient (Wildman–Crippen LogP) is 2.96. The second-order valence-corrected chi connectivity index (χ2v) is 8.59. The van der Waals surface area contributed by atoms with E-state index in [4.69, 9.17) is 0 Å².